The zero-order valence-corrected chi connectivity index (χ0v) is 27.1. The summed E-state index contributed by atoms with van der Waals surface area (Å²) in [6, 6.07) is 14.2. The molecule has 0 spiro atoms. The Balaban J connectivity index is 1.25. The van der Waals surface area contributed by atoms with Crippen molar-refractivity contribution in [1.29, 1.82) is 0 Å². The summed E-state index contributed by atoms with van der Waals surface area (Å²) in [5, 5.41) is 14.4. The van der Waals surface area contributed by atoms with Gasteiger partial charge in [0.05, 0.1) is 35.6 Å². The van der Waals surface area contributed by atoms with Gasteiger partial charge in [0.25, 0.3) is 5.91 Å². The number of aliphatic hydroxyl groups excluding tert-OH is 1. The number of rotatable bonds is 8. The Morgan fingerprint density at radius 3 is 2.52 bits per heavy atom. The molecule has 0 aliphatic heterocycles. The van der Waals surface area contributed by atoms with E-state index >= 15 is 0 Å². The molecule has 3 aromatic heterocycles. The summed E-state index contributed by atoms with van der Waals surface area (Å²) in [7, 11) is 5.77. The van der Waals surface area contributed by atoms with Gasteiger partial charge >= 0.3 is 0 Å². The Bertz CT molecular complexity index is 2040. The maximum Gasteiger partial charge on any atom is 0.252 e. The molecule has 8 nitrogen and oxygen atoms in total. The second-order valence-electron chi connectivity index (χ2n) is 13.1. The predicted octanol–water partition coefficient (Wildman–Crippen LogP) is 8.08. The van der Waals surface area contributed by atoms with Crippen molar-refractivity contribution in [3.05, 3.63) is 95.3 Å². The van der Waals surface area contributed by atoms with Gasteiger partial charge in [-0.25, -0.2) is 4.98 Å². The highest BCUT2D eigenvalue weighted by atomic mass is 16.5. The normalized spacial score (nSPS) is 16.6. The van der Waals surface area contributed by atoms with Crippen LogP contribution in [-0.4, -0.2) is 37.2 Å². The number of aryl methyl sites for hydroxylation is 2. The van der Waals surface area contributed by atoms with Crippen LogP contribution < -0.4 is 10.1 Å². The van der Waals surface area contributed by atoms with Gasteiger partial charge in [0, 0.05) is 42.3 Å². The molecule has 2 aromatic carbocycles. The highest BCUT2D eigenvalue weighted by Gasteiger charge is 2.44. The molecule has 0 unspecified atom stereocenters. The van der Waals surface area contributed by atoms with Crippen LogP contribution in [0.2, 0.25) is 0 Å². The number of benzene rings is 2. The highest BCUT2D eigenvalue weighted by Crippen LogP contribution is 2.46. The second-order valence-corrected chi connectivity index (χ2v) is 13.1. The molecule has 3 heterocycles. The lowest BCUT2D eigenvalue weighted by Crippen LogP contribution is -2.52. The van der Waals surface area contributed by atoms with Gasteiger partial charge in [-0.05, 0) is 98.1 Å². The van der Waals surface area contributed by atoms with Crippen molar-refractivity contribution in [2.45, 2.75) is 63.3 Å². The molecule has 8 heteroatoms. The van der Waals surface area contributed by atoms with E-state index in [9.17, 15) is 9.90 Å². The number of allylic oxidation sites excluding steroid dienone is 1. The molecule has 7 rings (SSSR count). The van der Waals surface area contributed by atoms with Crippen LogP contribution in [0.15, 0.2) is 72.8 Å². The summed E-state index contributed by atoms with van der Waals surface area (Å²) < 4.78 is 9.83. The van der Waals surface area contributed by atoms with Crippen molar-refractivity contribution in [3.63, 3.8) is 0 Å². The summed E-state index contributed by atoms with van der Waals surface area (Å²) in [6.45, 7) is 5.46. The zero-order valence-electron chi connectivity index (χ0n) is 27.1. The van der Waals surface area contributed by atoms with Gasteiger partial charge in [0.1, 0.15) is 17.3 Å². The molecule has 0 bridgehead atoms. The molecule has 1 amide bonds. The molecule has 236 valence electrons. The minimum atomic E-state index is -0.536. The topological polar surface area (TPSA) is 94.2 Å². The first kappa shape index (κ1) is 29.8. The van der Waals surface area contributed by atoms with Crippen LogP contribution in [0.3, 0.4) is 0 Å². The van der Waals surface area contributed by atoms with E-state index in [-0.39, 0.29) is 11.7 Å². The number of carbonyl (C=O) groups is 1. The molecular formula is C38H41N5O3. The number of hydrogen-bond donors (Lipinski definition) is 2. The number of aliphatic hydroxyl groups is 1. The van der Waals surface area contributed by atoms with Gasteiger partial charge in [-0.2, -0.15) is 0 Å². The lowest BCUT2D eigenvalue weighted by atomic mass is 9.75. The molecule has 0 atom stereocenters. The molecule has 5 aromatic rings. The minimum Gasteiger partial charge on any atom is -0.508 e. The van der Waals surface area contributed by atoms with Crippen molar-refractivity contribution < 1.29 is 14.6 Å². The lowest BCUT2D eigenvalue weighted by Gasteiger charge is -2.41. The Labute approximate surface area is 269 Å². The average molecular weight is 616 g/mol. The van der Waals surface area contributed by atoms with E-state index in [1.165, 1.54) is 36.6 Å². The van der Waals surface area contributed by atoms with Crippen LogP contribution >= 0.6 is 0 Å². The first-order valence-corrected chi connectivity index (χ1v) is 16.2. The first-order chi connectivity index (χ1) is 22.2. The number of nitrogens with one attached hydrogen (secondary N) is 1. The third-order valence-corrected chi connectivity index (χ3v) is 10.2. The van der Waals surface area contributed by atoms with E-state index in [4.69, 9.17) is 9.72 Å². The number of nitrogens with zero attached hydrogens (tertiary/aromatic N) is 4. The van der Waals surface area contributed by atoms with E-state index in [0.29, 0.717) is 17.1 Å². The van der Waals surface area contributed by atoms with Crippen LogP contribution in [0, 0.1) is 0 Å². The maximum absolute atomic E-state index is 14.0. The predicted molar refractivity (Wildman–Crippen MR) is 183 cm³/mol. The fraction of sp³-hybridized carbons (Fsp3) is 0.342. The molecule has 2 aliphatic carbocycles. The fourth-order valence-corrected chi connectivity index (χ4v) is 7.53. The quantitative estimate of drug-likeness (QED) is 0.136. The van der Waals surface area contributed by atoms with Crippen molar-refractivity contribution in [3.8, 4) is 17.0 Å². The van der Waals surface area contributed by atoms with Gasteiger partial charge in [0.2, 0.25) is 0 Å². The summed E-state index contributed by atoms with van der Waals surface area (Å²) in [4.78, 5) is 23.5. The number of aromatic nitrogens is 4. The number of methoxy groups -OCH3 is 1. The van der Waals surface area contributed by atoms with E-state index in [1.54, 1.807) is 13.3 Å². The Morgan fingerprint density at radius 1 is 1.04 bits per heavy atom. The Kier molecular flexibility index (Phi) is 7.46. The number of fused-ring (bicyclic) bond motifs is 2. The minimum absolute atomic E-state index is 0.0544. The summed E-state index contributed by atoms with van der Waals surface area (Å²) in [6.07, 6.45) is 13.0. The van der Waals surface area contributed by atoms with Gasteiger partial charge in [0.15, 0.2) is 0 Å². The van der Waals surface area contributed by atoms with Crippen molar-refractivity contribution in [2.75, 3.05) is 7.11 Å². The van der Waals surface area contributed by atoms with Crippen LogP contribution in [-0.2, 0) is 19.6 Å². The smallest absolute Gasteiger partial charge is 0.252 e. The van der Waals surface area contributed by atoms with Crippen molar-refractivity contribution in [2.24, 2.45) is 14.1 Å². The van der Waals surface area contributed by atoms with E-state index < -0.39 is 5.54 Å². The number of amides is 1. The maximum atomic E-state index is 14.0. The van der Waals surface area contributed by atoms with Gasteiger partial charge in [-0.1, -0.05) is 31.6 Å². The molecule has 46 heavy (non-hydrogen) atoms. The van der Waals surface area contributed by atoms with Gasteiger partial charge in [-0.15, -0.1) is 0 Å². The molecule has 2 aliphatic rings. The SMILES string of the molecule is C=C(O)/C(C)=C/c1ccc2nc(C3(NC(=O)c4ccc5c(C6CCCC6)c(-c6cncc(OC)c6)n(C)c5c4)CCC3)n(C)c2c1. The Morgan fingerprint density at radius 2 is 1.83 bits per heavy atom. The summed E-state index contributed by atoms with van der Waals surface area (Å²) >= 11 is 0. The van der Waals surface area contributed by atoms with Crippen LogP contribution in [0.5, 0.6) is 5.75 Å². The van der Waals surface area contributed by atoms with Crippen LogP contribution in [0.25, 0.3) is 39.3 Å². The summed E-state index contributed by atoms with van der Waals surface area (Å²) in [5.41, 5.74) is 8.18. The lowest BCUT2D eigenvalue weighted by molar-refractivity contribution is 0.0805. The van der Waals surface area contributed by atoms with E-state index in [1.807, 2.05) is 56.6 Å². The van der Waals surface area contributed by atoms with Gasteiger partial charge in [-0.3, -0.25) is 9.78 Å². The third kappa shape index (κ3) is 4.96. The van der Waals surface area contributed by atoms with Crippen molar-refractivity contribution in [1.82, 2.24) is 24.4 Å². The number of carbonyl (C=O) groups excluding carboxylic acids is 1. The van der Waals surface area contributed by atoms with Gasteiger partial charge < -0.3 is 24.3 Å². The first-order valence-electron chi connectivity index (χ1n) is 16.2. The van der Waals surface area contributed by atoms with Crippen LogP contribution in [0.1, 0.15) is 85.1 Å². The average Bonchev–Trinajstić information content (AvgIpc) is 3.76. The number of hydrogen-bond acceptors (Lipinski definition) is 5. The zero-order chi connectivity index (χ0) is 32.2. The molecule has 2 saturated carbocycles. The van der Waals surface area contributed by atoms with E-state index in [2.05, 4.69) is 45.2 Å². The standard InChI is InChI=1S/C38H41N5O3/c1-23(24(2)44)17-25-11-14-31-33(18-25)43(4)37(40-31)38(15-8-16-38)41-36(45)27-12-13-30-32(20-27)42(3)35(34(30)26-9-6-7-10-26)28-19-29(46-5)22-39-21-28/h11-14,17-22,26,44H,2,6-10,15-16H2,1,3-5H3,(H,41,45)/b23-17+. The Hall–Kier alpha value is -4.85. The number of ether oxygens (including phenoxy) is 1. The number of pyridine rings is 1. The monoisotopic (exact) mass is 615 g/mol. The molecule has 0 saturated heterocycles. The molecule has 2 N–H and O–H groups in total. The highest BCUT2D eigenvalue weighted by molar-refractivity contribution is 6.01. The molecule has 2 fully saturated rings. The molecular weight excluding hydrogens is 574 g/mol. The largest absolute Gasteiger partial charge is 0.508 e. The third-order valence-electron chi connectivity index (χ3n) is 10.2. The summed E-state index contributed by atoms with van der Waals surface area (Å²) in [5.74, 6) is 2.03. The van der Waals surface area contributed by atoms with Crippen molar-refractivity contribution >= 4 is 33.9 Å². The number of imidazole rings is 1. The van der Waals surface area contributed by atoms with Crippen LogP contribution in [0.4, 0.5) is 0 Å². The second kappa shape index (κ2) is 11.5. The molecule has 0 radical (unpaired) electrons. The van der Waals surface area contributed by atoms with E-state index in [0.717, 1.165) is 64.2 Å². The fourth-order valence-electron chi connectivity index (χ4n) is 7.53.